The maximum Gasteiger partial charge on any atom is 0.257 e. The first kappa shape index (κ1) is 15.4. The van der Waals surface area contributed by atoms with Gasteiger partial charge < -0.3 is 15.0 Å². The summed E-state index contributed by atoms with van der Waals surface area (Å²) in [6.45, 7) is 1.22. The molecule has 0 heterocycles. The molecule has 19 heavy (non-hydrogen) atoms. The average Bonchev–Trinajstić information content (AvgIpc) is 2.36. The van der Waals surface area contributed by atoms with Crippen molar-refractivity contribution >= 4 is 5.91 Å². The molecule has 1 rings (SSSR count). The molecule has 0 spiro atoms. The van der Waals surface area contributed by atoms with Gasteiger partial charge in [0.1, 0.15) is 5.75 Å². The minimum absolute atomic E-state index is 0.127. The molecule has 0 aliphatic carbocycles. The Bertz CT molecular complexity index is 425. The number of hydrogen-bond acceptors (Lipinski definition) is 3. The monoisotopic (exact) mass is 272 g/mol. The highest BCUT2D eigenvalue weighted by Gasteiger charge is 2.06. The summed E-state index contributed by atoms with van der Waals surface area (Å²) in [6, 6.07) is 3.14. The standard InChI is InChI=1S/C13H18F2N2O2/c1-17(2)7-3-6-16-13(18)9-19-10-4-5-11(14)12(15)8-10/h4-5,8H,3,6-7,9H2,1-2H3,(H,16,18). The molecular weight excluding hydrogens is 254 g/mol. The van der Waals surface area contributed by atoms with Crippen LogP contribution >= 0.6 is 0 Å². The van der Waals surface area contributed by atoms with Crippen LogP contribution in [0.5, 0.6) is 5.75 Å². The van der Waals surface area contributed by atoms with Crippen molar-refractivity contribution in [2.75, 3.05) is 33.8 Å². The maximum atomic E-state index is 12.9. The molecule has 0 aliphatic heterocycles. The van der Waals surface area contributed by atoms with Gasteiger partial charge in [-0.1, -0.05) is 0 Å². The van der Waals surface area contributed by atoms with E-state index in [0.29, 0.717) is 6.54 Å². The molecule has 1 amide bonds. The molecule has 0 fully saturated rings. The molecular formula is C13H18F2N2O2. The summed E-state index contributed by atoms with van der Waals surface area (Å²) in [6.07, 6.45) is 0.837. The highest BCUT2D eigenvalue weighted by molar-refractivity contribution is 5.77. The third-order valence-corrected chi connectivity index (χ3v) is 2.37. The van der Waals surface area contributed by atoms with Crippen molar-refractivity contribution in [1.82, 2.24) is 10.2 Å². The molecule has 0 unspecified atom stereocenters. The summed E-state index contributed by atoms with van der Waals surface area (Å²) in [5.74, 6) is -2.10. The summed E-state index contributed by atoms with van der Waals surface area (Å²) in [4.78, 5) is 13.4. The molecule has 0 aromatic heterocycles. The van der Waals surface area contributed by atoms with E-state index in [1.807, 2.05) is 19.0 Å². The van der Waals surface area contributed by atoms with Gasteiger partial charge in [-0.3, -0.25) is 4.79 Å². The van der Waals surface area contributed by atoms with Crippen molar-refractivity contribution in [2.45, 2.75) is 6.42 Å². The SMILES string of the molecule is CN(C)CCCNC(=O)COc1ccc(F)c(F)c1. The van der Waals surface area contributed by atoms with Crippen LogP contribution in [0, 0.1) is 11.6 Å². The summed E-state index contributed by atoms with van der Waals surface area (Å²) in [7, 11) is 3.90. The zero-order chi connectivity index (χ0) is 14.3. The number of halogens is 2. The normalized spacial score (nSPS) is 10.6. The topological polar surface area (TPSA) is 41.6 Å². The minimum Gasteiger partial charge on any atom is -0.484 e. The predicted octanol–water partition coefficient (Wildman–Crippen LogP) is 1.41. The number of amides is 1. The Morgan fingerprint density at radius 3 is 2.68 bits per heavy atom. The molecule has 6 heteroatoms. The van der Waals surface area contributed by atoms with Crippen molar-refractivity contribution in [3.63, 3.8) is 0 Å². The van der Waals surface area contributed by atoms with Crippen molar-refractivity contribution in [3.8, 4) is 5.75 Å². The van der Waals surface area contributed by atoms with Gasteiger partial charge in [0, 0.05) is 12.6 Å². The van der Waals surface area contributed by atoms with Crippen molar-refractivity contribution in [2.24, 2.45) is 0 Å². The van der Waals surface area contributed by atoms with Gasteiger partial charge >= 0.3 is 0 Å². The van der Waals surface area contributed by atoms with Crippen LogP contribution in [0.15, 0.2) is 18.2 Å². The molecule has 106 valence electrons. The van der Waals surface area contributed by atoms with Crippen LogP contribution in [-0.4, -0.2) is 44.6 Å². The molecule has 1 N–H and O–H groups in total. The molecule has 4 nitrogen and oxygen atoms in total. The van der Waals surface area contributed by atoms with Gasteiger partial charge in [-0.2, -0.15) is 0 Å². The van der Waals surface area contributed by atoms with Crippen LogP contribution in [0.4, 0.5) is 8.78 Å². The number of rotatable bonds is 7. The Labute approximate surface area is 111 Å². The molecule has 0 atom stereocenters. The Morgan fingerprint density at radius 2 is 2.05 bits per heavy atom. The first-order chi connectivity index (χ1) is 8.99. The Hall–Kier alpha value is -1.69. The second-order valence-corrected chi connectivity index (χ2v) is 4.37. The zero-order valence-corrected chi connectivity index (χ0v) is 11.1. The van der Waals surface area contributed by atoms with E-state index in [9.17, 15) is 13.6 Å². The number of ether oxygens (including phenoxy) is 1. The number of nitrogens with one attached hydrogen (secondary N) is 1. The van der Waals surface area contributed by atoms with Crippen molar-refractivity contribution in [3.05, 3.63) is 29.8 Å². The van der Waals surface area contributed by atoms with Crippen LogP contribution in [0.2, 0.25) is 0 Å². The number of benzene rings is 1. The quantitative estimate of drug-likeness (QED) is 0.763. The van der Waals surface area contributed by atoms with E-state index in [4.69, 9.17) is 4.74 Å². The zero-order valence-electron chi connectivity index (χ0n) is 11.1. The summed E-state index contributed by atoms with van der Waals surface area (Å²) >= 11 is 0. The number of carbonyl (C=O) groups is 1. The summed E-state index contributed by atoms with van der Waals surface area (Å²) in [5, 5.41) is 2.68. The van der Waals surface area contributed by atoms with Crippen LogP contribution in [0.3, 0.4) is 0 Å². The van der Waals surface area contributed by atoms with Crippen molar-refractivity contribution in [1.29, 1.82) is 0 Å². The van der Waals surface area contributed by atoms with E-state index >= 15 is 0 Å². The van der Waals surface area contributed by atoms with E-state index in [1.54, 1.807) is 0 Å². The van der Waals surface area contributed by atoms with E-state index in [-0.39, 0.29) is 18.3 Å². The summed E-state index contributed by atoms with van der Waals surface area (Å²) < 4.78 is 30.6. The summed E-state index contributed by atoms with van der Waals surface area (Å²) in [5.41, 5.74) is 0. The molecule has 1 aromatic rings. The highest BCUT2D eigenvalue weighted by atomic mass is 19.2. The number of hydrogen-bond donors (Lipinski definition) is 1. The molecule has 0 saturated heterocycles. The van der Waals surface area contributed by atoms with E-state index in [1.165, 1.54) is 6.07 Å². The van der Waals surface area contributed by atoms with Gasteiger partial charge in [-0.15, -0.1) is 0 Å². The van der Waals surface area contributed by atoms with Gasteiger partial charge in [-0.05, 0) is 39.2 Å². The smallest absolute Gasteiger partial charge is 0.257 e. The van der Waals surface area contributed by atoms with Gasteiger partial charge in [0.25, 0.3) is 5.91 Å². The fraction of sp³-hybridized carbons (Fsp3) is 0.462. The van der Waals surface area contributed by atoms with Gasteiger partial charge in [0.05, 0.1) is 0 Å². The van der Waals surface area contributed by atoms with Crippen LogP contribution < -0.4 is 10.1 Å². The lowest BCUT2D eigenvalue weighted by molar-refractivity contribution is -0.123. The van der Waals surface area contributed by atoms with Crippen LogP contribution in [-0.2, 0) is 4.79 Å². The molecule has 0 bridgehead atoms. The van der Waals surface area contributed by atoms with E-state index in [2.05, 4.69) is 5.32 Å². The second kappa shape index (κ2) is 7.68. The Morgan fingerprint density at radius 1 is 1.32 bits per heavy atom. The molecule has 1 aromatic carbocycles. The van der Waals surface area contributed by atoms with Gasteiger partial charge in [0.2, 0.25) is 0 Å². The third kappa shape index (κ3) is 6.15. The van der Waals surface area contributed by atoms with Gasteiger partial charge in [-0.25, -0.2) is 8.78 Å². The first-order valence-electron chi connectivity index (χ1n) is 5.98. The van der Waals surface area contributed by atoms with Crippen LogP contribution in [0.25, 0.3) is 0 Å². The molecule has 0 aliphatic rings. The lowest BCUT2D eigenvalue weighted by atomic mass is 10.3. The minimum atomic E-state index is -0.996. The van der Waals surface area contributed by atoms with E-state index in [0.717, 1.165) is 25.1 Å². The van der Waals surface area contributed by atoms with Crippen molar-refractivity contribution < 1.29 is 18.3 Å². The fourth-order valence-electron chi connectivity index (χ4n) is 1.39. The van der Waals surface area contributed by atoms with E-state index < -0.39 is 11.6 Å². The predicted molar refractivity (Wildman–Crippen MR) is 68.0 cm³/mol. The van der Waals surface area contributed by atoms with Gasteiger partial charge in [0.15, 0.2) is 18.2 Å². The largest absolute Gasteiger partial charge is 0.484 e. The second-order valence-electron chi connectivity index (χ2n) is 4.37. The Kier molecular flexibility index (Phi) is 6.21. The Balaban J connectivity index is 2.24. The molecule has 0 radical (unpaired) electrons. The van der Waals surface area contributed by atoms with Crippen LogP contribution in [0.1, 0.15) is 6.42 Å². The average molecular weight is 272 g/mol. The molecule has 0 saturated carbocycles. The lowest BCUT2D eigenvalue weighted by Gasteiger charge is -2.10. The lowest BCUT2D eigenvalue weighted by Crippen LogP contribution is -2.31. The fourth-order valence-corrected chi connectivity index (χ4v) is 1.39. The first-order valence-corrected chi connectivity index (χ1v) is 5.98. The number of nitrogens with zero attached hydrogens (tertiary/aromatic N) is 1. The highest BCUT2D eigenvalue weighted by Crippen LogP contribution is 2.14. The maximum absolute atomic E-state index is 12.9. The number of carbonyl (C=O) groups excluding carboxylic acids is 1. The third-order valence-electron chi connectivity index (χ3n) is 2.37.